The molecule has 0 saturated carbocycles. The zero-order chi connectivity index (χ0) is 12.7. The van der Waals surface area contributed by atoms with Gasteiger partial charge in [-0.25, -0.2) is 9.37 Å². The molecule has 0 bridgehead atoms. The molecule has 0 amide bonds. The summed E-state index contributed by atoms with van der Waals surface area (Å²) < 4.78 is 20.5. The smallest absolute Gasteiger partial charge is 0.196 e. The first-order valence-electron chi connectivity index (χ1n) is 5.25. The third kappa shape index (κ3) is 1.62. The van der Waals surface area contributed by atoms with Gasteiger partial charge < -0.3 is 10.5 Å². The van der Waals surface area contributed by atoms with Crippen molar-refractivity contribution in [2.75, 3.05) is 12.8 Å². The molecule has 0 aliphatic heterocycles. The van der Waals surface area contributed by atoms with Gasteiger partial charge in [0.25, 0.3) is 0 Å². The van der Waals surface area contributed by atoms with Crippen molar-refractivity contribution < 1.29 is 9.13 Å². The highest BCUT2D eigenvalue weighted by Gasteiger charge is 2.13. The molecule has 0 aliphatic carbocycles. The van der Waals surface area contributed by atoms with E-state index < -0.39 is 0 Å². The van der Waals surface area contributed by atoms with E-state index in [0.29, 0.717) is 17.1 Å². The number of anilines is 1. The van der Waals surface area contributed by atoms with E-state index >= 15 is 0 Å². The van der Waals surface area contributed by atoms with Crippen LogP contribution < -0.4 is 10.5 Å². The molecular weight excluding hydrogens is 253 g/mol. The quantitative estimate of drug-likeness (QED) is 0.773. The second-order valence-electron chi connectivity index (χ2n) is 3.78. The number of nitrogens with zero attached hydrogens (tertiary/aromatic N) is 2. The summed E-state index contributed by atoms with van der Waals surface area (Å²) in [6.07, 6.45) is 1.71. The Bertz CT molecular complexity index is 719. The zero-order valence-corrected chi connectivity index (χ0v) is 10.4. The van der Waals surface area contributed by atoms with Gasteiger partial charge >= 0.3 is 0 Å². The first-order chi connectivity index (χ1) is 8.69. The second-order valence-corrected chi connectivity index (χ2v) is 4.62. The third-order valence-corrected chi connectivity index (χ3v) is 3.51. The Morgan fingerprint density at radius 1 is 1.44 bits per heavy atom. The number of thiazole rings is 1. The van der Waals surface area contributed by atoms with Crippen LogP contribution in [0.3, 0.4) is 0 Å². The van der Waals surface area contributed by atoms with Gasteiger partial charge in [0.05, 0.1) is 19.0 Å². The van der Waals surface area contributed by atoms with E-state index in [4.69, 9.17) is 10.5 Å². The van der Waals surface area contributed by atoms with Crippen LogP contribution in [0.1, 0.15) is 0 Å². The third-order valence-electron chi connectivity index (χ3n) is 2.67. The lowest BCUT2D eigenvalue weighted by molar-refractivity contribution is 0.415. The molecule has 0 unspecified atom stereocenters. The predicted molar refractivity (Wildman–Crippen MR) is 69.4 cm³/mol. The number of halogens is 1. The molecule has 2 heterocycles. The fourth-order valence-electron chi connectivity index (χ4n) is 1.88. The van der Waals surface area contributed by atoms with Crippen LogP contribution in [0, 0.1) is 5.82 Å². The van der Waals surface area contributed by atoms with E-state index in [1.54, 1.807) is 19.4 Å². The average molecular weight is 263 g/mol. The number of benzene rings is 1. The molecule has 0 aliphatic rings. The van der Waals surface area contributed by atoms with Gasteiger partial charge in [-0.1, -0.05) is 0 Å². The second kappa shape index (κ2) is 3.99. The Balaban J connectivity index is 2.27. The van der Waals surface area contributed by atoms with Crippen LogP contribution in [0.15, 0.2) is 29.8 Å². The first-order valence-corrected chi connectivity index (χ1v) is 6.13. The molecule has 3 aromatic rings. The van der Waals surface area contributed by atoms with Crippen molar-refractivity contribution in [3.63, 3.8) is 0 Å². The topological polar surface area (TPSA) is 52.5 Å². The molecule has 2 aromatic heterocycles. The maximum atomic E-state index is 13.4. The number of hydrogen-bond donors (Lipinski definition) is 1. The monoisotopic (exact) mass is 263 g/mol. The summed E-state index contributed by atoms with van der Waals surface area (Å²) in [5, 5.41) is 1.90. The van der Waals surface area contributed by atoms with Crippen LogP contribution in [0.2, 0.25) is 0 Å². The predicted octanol–water partition coefficient (Wildman–Crippen LogP) is 2.79. The lowest BCUT2D eigenvalue weighted by Gasteiger charge is -2.07. The molecule has 0 saturated heterocycles. The highest BCUT2D eigenvalue weighted by atomic mass is 32.1. The minimum Gasteiger partial charge on any atom is -0.496 e. The normalized spacial score (nSPS) is 11.0. The average Bonchev–Trinajstić information content (AvgIpc) is 2.87. The number of nitrogen functional groups attached to an aromatic ring is 1. The number of fused-ring (bicyclic) bond motifs is 1. The van der Waals surface area contributed by atoms with E-state index in [9.17, 15) is 4.39 Å². The highest BCUT2D eigenvalue weighted by Crippen LogP contribution is 2.33. The number of imidazole rings is 1. The Morgan fingerprint density at radius 3 is 3.06 bits per heavy atom. The van der Waals surface area contributed by atoms with Crippen molar-refractivity contribution in [2.24, 2.45) is 0 Å². The first kappa shape index (κ1) is 11.0. The van der Waals surface area contributed by atoms with Crippen molar-refractivity contribution in [1.82, 2.24) is 9.38 Å². The van der Waals surface area contributed by atoms with Crippen molar-refractivity contribution in [1.29, 1.82) is 0 Å². The summed E-state index contributed by atoms with van der Waals surface area (Å²) in [4.78, 5) is 4.93. The van der Waals surface area contributed by atoms with Gasteiger partial charge in [-0.2, -0.15) is 0 Å². The number of aromatic nitrogens is 2. The molecule has 0 spiro atoms. The number of methoxy groups -OCH3 is 1. The molecule has 18 heavy (non-hydrogen) atoms. The standard InChI is InChI=1S/C12H10FN3OS/c1-17-10-3-2-7(13)4-8(10)9-6-18-12-15-11(14)5-16(9)12/h2-6H,14H2,1H3. The molecule has 2 N–H and O–H groups in total. The van der Waals surface area contributed by atoms with Crippen LogP contribution in [0.5, 0.6) is 5.75 Å². The van der Waals surface area contributed by atoms with Crippen molar-refractivity contribution in [3.8, 4) is 17.0 Å². The van der Waals surface area contributed by atoms with Gasteiger partial charge in [0.1, 0.15) is 17.4 Å². The van der Waals surface area contributed by atoms with E-state index in [-0.39, 0.29) is 5.82 Å². The molecule has 3 rings (SSSR count). The Labute approximate surface area is 106 Å². The van der Waals surface area contributed by atoms with Crippen molar-refractivity contribution in [3.05, 3.63) is 35.6 Å². The van der Waals surface area contributed by atoms with Gasteiger partial charge in [0.2, 0.25) is 0 Å². The Morgan fingerprint density at radius 2 is 2.28 bits per heavy atom. The van der Waals surface area contributed by atoms with Gasteiger partial charge in [-0.3, -0.25) is 4.40 Å². The van der Waals surface area contributed by atoms with Crippen molar-refractivity contribution in [2.45, 2.75) is 0 Å². The maximum absolute atomic E-state index is 13.4. The molecule has 92 valence electrons. The molecule has 0 fully saturated rings. The Hall–Kier alpha value is -2.08. The minimum absolute atomic E-state index is 0.307. The lowest BCUT2D eigenvalue weighted by atomic mass is 10.1. The zero-order valence-electron chi connectivity index (χ0n) is 9.55. The summed E-state index contributed by atoms with van der Waals surface area (Å²) in [7, 11) is 1.56. The molecule has 4 nitrogen and oxygen atoms in total. The lowest BCUT2D eigenvalue weighted by Crippen LogP contribution is -1.91. The van der Waals surface area contributed by atoms with Crippen LogP contribution in [0.4, 0.5) is 10.2 Å². The number of nitrogens with two attached hydrogens (primary N) is 1. The van der Waals surface area contributed by atoms with E-state index in [1.807, 2.05) is 9.78 Å². The fraction of sp³-hybridized carbons (Fsp3) is 0.0833. The van der Waals surface area contributed by atoms with Crippen molar-refractivity contribution >= 4 is 22.1 Å². The summed E-state index contributed by atoms with van der Waals surface area (Å²) in [6, 6.07) is 4.42. The van der Waals surface area contributed by atoms with E-state index in [1.165, 1.54) is 23.5 Å². The van der Waals surface area contributed by atoms with Crippen LogP contribution in [-0.4, -0.2) is 16.5 Å². The molecule has 0 atom stereocenters. The van der Waals surface area contributed by atoms with E-state index in [2.05, 4.69) is 4.98 Å². The highest BCUT2D eigenvalue weighted by molar-refractivity contribution is 7.15. The van der Waals surface area contributed by atoms with Crippen LogP contribution >= 0.6 is 11.3 Å². The molecule has 0 radical (unpaired) electrons. The van der Waals surface area contributed by atoms with Crippen LogP contribution in [-0.2, 0) is 0 Å². The Kier molecular flexibility index (Phi) is 2.45. The SMILES string of the molecule is COc1ccc(F)cc1-c1csc2nc(N)cn12. The van der Waals surface area contributed by atoms with Gasteiger partial charge in [-0.05, 0) is 18.2 Å². The number of hydrogen-bond acceptors (Lipinski definition) is 4. The molecule has 1 aromatic carbocycles. The van der Waals surface area contributed by atoms with Gasteiger partial charge in [0.15, 0.2) is 4.96 Å². The fourth-order valence-corrected chi connectivity index (χ4v) is 2.76. The number of rotatable bonds is 2. The summed E-state index contributed by atoms with van der Waals surface area (Å²) >= 11 is 1.45. The summed E-state index contributed by atoms with van der Waals surface area (Å²) in [5.74, 6) is 0.750. The molecule has 6 heteroatoms. The summed E-state index contributed by atoms with van der Waals surface area (Å²) in [6.45, 7) is 0. The number of ether oxygens (including phenoxy) is 1. The van der Waals surface area contributed by atoms with E-state index in [0.717, 1.165) is 10.7 Å². The van der Waals surface area contributed by atoms with Gasteiger partial charge in [0, 0.05) is 10.9 Å². The maximum Gasteiger partial charge on any atom is 0.196 e. The largest absolute Gasteiger partial charge is 0.496 e. The van der Waals surface area contributed by atoms with Gasteiger partial charge in [-0.15, -0.1) is 11.3 Å². The minimum atomic E-state index is -0.307. The summed E-state index contributed by atoms with van der Waals surface area (Å²) in [5.41, 5.74) is 7.15. The molecular formula is C12H10FN3OS. The van der Waals surface area contributed by atoms with Crippen LogP contribution in [0.25, 0.3) is 16.2 Å².